The van der Waals surface area contributed by atoms with Crippen LogP contribution in [0.3, 0.4) is 0 Å². The first kappa shape index (κ1) is 19.8. The lowest BCUT2D eigenvalue weighted by Gasteiger charge is -2.20. The summed E-state index contributed by atoms with van der Waals surface area (Å²) in [5, 5.41) is 7.97. The zero-order valence-electron chi connectivity index (χ0n) is 16.4. The Kier molecular flexibility index (Phi) is 6.15. The second-order valence-corrected chi connectivity index (χ2v) is 7.93. The number of hydrogen-bond acceptors (Lipinski definition) is 3. The van der Waals surface area contributed by atoms with E-state index < -0.39 is 11.6 Å². The van der Waals surface area contributed by atoms with E-state index in [1.807, 2.05) is 31.6 Å². The van der Waals surface area contributed by atoms with Gasteiger partial charge < -0.3 is 10.1 Å². The minimum Gasteiger partial charge on any atom is -0.473 e. The lowest BCUT2D eigenvalue weighted by Crippen LogP contribution is -2.33. The van der Waals surface area contributed by atoms with Crippen LogP contribution in [0.4, 0.5) is 8.78 Å². The summed E-state index contributed by atoms with van der Waals surface area (Å²) in [5.74, 6) is 0.393. The van der Waals surface area contributed by atoms with Gasteiger partial charge in [0.25, 0.3) is 0 Å². The number of aromatic nitrogens is 2. The van der Waals surface area contributed by atoms with E-state index in [9.17, 15) is 8.78 Å². The average Bonchev–Trinajstić information content (AvgIpc) is 3.30. The van der Waals surface area contributed by atoms with E-state index in [1.54, 1.807) is 0 Å². The Morgan fingerprint density at radius 2 is 1.96 bits per heavy atom. The highest BCUT2D eigenvalue weighted by molar-refractivity contribution is 5.23. The van der Waals surface area contributed by atoms with Crippen LogP contribution in [-0.4, -0.2) is 16.8 Å². The van der Waals surface area contributed by atoms with Crippen molar-refractivity contribution in [2.45, 2.75) is 64.6 Å². The molecule has 0 unspecified atom stereocenters. The summed E-state index contributed by atoms with van der Waals surface area (Å²) >= 11 is 0. The van der Waals surface area contributed by atoms with Crippen LogP contribution in [0.2, 0.25) is 0 Å². The second kappa shape index (κ2) is 8.38. The number of halogens is 2. The van der Waals surface area contributed by atoms with E-state index >= 15 is 0 Å². The number of nitrogens with zero attached hydrogens (tertiary/aromatic N) is 2. The largest absolute Gasteiger partial charge is 0.473 e. The van der Waals surface area contributed by atoms with Crippen molar-refractivity contribution >= 4 is 0 Å². The van der Waals surface area contributed by atoms with E-state index in [0.717, 1.165) is 36.7 Å². The number of ether oxygens (including phenoxy) is 1. The zero-order chi connectivity index (χ0) is 19.4. The average molecular weight is 377 g/mol. The van der Waals surface area contributed by atoms with Crippen LogP contribution in [0.1, 0.15) is 57.2 Å². The van der Waals surface area contributed by atoms with Crippen molar-refractivity contribution in [1.82, 2.24) is 15.1 Å². The van der Waals surface area contributed by atoms with Gasteiger partial charge in [-0.05, 0) is 51.4 Å². The van der Waals surface area contributed by atoms with Gasteiger partial charge in [-0.2, -0.15) is 5.10 Å². The molecule has 4 nitrogen and oxygen atoms in total. The van der Waals surface area contributed by atoms with Gasteiger partial charge in [-0.15, -0.1) is 0 Å². The van der Waals surface area contributed by atoms with E-state index in [-0.39, 0.29) is 17.7 Å². The van der Waals surface area contributed by atoms with Gasteiger partial charge in [-0.1, -0.05) is 25.7 Å². The van der Waals surface area contributed by atoms with Gasteiger partial charge in [0.05, 0.1) is 11.2 Å². The summed E-state index contributed by atoms with van der Waals surface area (Å²) < 4.78 is 35.0. The molecule has 1 aliphatic carbocycles. The van der Waals surface area contributed by atoms with Crippen molar-refractivity contribution in [3.8, 4) is 5.88 Å². The van der Waals surface area contributed by atoms with Gasteiger partial charge in [0.2, 0.25) is 5.88 Å². The molecule has 0 saturated heterocycles. The molecule has 0 spiro atoms. The number of hydrogen-bond donors (Lipinski definition) is 1. The number of aryl methyl sites for hydroxylation is 1. The molecule has 0 amide bonds. The van der Waals surface area contributed by atoms with Crippen LogP contribution < -0.4 is 10.1 Å². The van der Waals surface area contributed by atoms with E-state index in [4.69, 9.17) is 9.84 Å². The summed E-state index contributed by atoms with van der Waals surface area (Å²) in [6, 6.07) is 5.30. The van der Waals surface area contributed by atoms with Crippen molar-refractivity contribution < 1.29 is 13.5 Å². The first-order valence-corrected chi connectivity index (χ1v) is 9.73. The molecule has 0 atom stereocenters. The Hall–Kier alpha value is -1.95. The van der Waals surface area contributed by atoms with Crippen molar-refractivity contribution in [2.75, 3.05) is 7.05 Å². The van der Waals surface area contributed by atoms with Crippen LogP contribution in [0, 0.1) is 17.6 Å². The summed E-state index contributed by atoms with van der Waals surface area (Å²) in [4.78, 5) is 0. The molecule has 1 N–H and O–H groups in total. The van der Waals surface area contributed by atoms with Gasteiger partial charge in [0.15, 0.2) is 0 Å². The summed E-state index contributed by atoms with van der Waals surface area (Å²) in [5.41, 5.74) is 0.764. The van der Waals surface area contributed by atoms with Crippen molar-refractivity contribution in [2.24, 2.45) is 5.92 Å². The molecule has 148 valence electrons. The van der Waals surface area contributed by atoms with Crippen LogP contribution in [-0.2, 0) is 18.7 Å². The predicted octanol–water partition coefficient (Wildman–Crippen LogP) is 4.78. The molecule has 1 heterocycles. The number of nitrogens with one attached hydrogen (secondary N) is 1. The molecule has 1 aromatic heterocycles. The standard InChI is InChI=1S/C21H29F2N3O/c1-21(2,24-3)19-13-20(26(25-19)11-10-15-6-4-5-7-15)27-14-16-12-17(22)8-9-18(16)23/h8-9,12-13,15,24H,4-7,10-11,14H2,1-3H3. The first-order chi connectivity index (χ1) is 12.9. The Balaban J connectivity index is 1.77. The molecule has 0 radical (unpaired) electrons. The highest BCUT2D eigenvalue weighted by Crippen LogP contribution is 2.30. The Labute approximate surface area is 159 Å². The predicted molar refractivity (Wildman–Crippen MR) is 102 cm³/mol. The van der Waals surface area contributed by atoms with E-state index in [2.05, 4.69) is 5.32 Å². The third kappa shape index (κ3) is 4.86. The molecule has 27 heavy (non-hydrogen) atoms. The minimum absolute atomic E-state index is 0.0296. The van der Waals surface area contributed by atoms with E-state index in [0.29, 0.717) is 5.88 Å². The normalized spacial score (nSPS) is 15.4. The summed E-state index contributed by atoms with van der Waals surface area (Å²) in [6.45, 7) is 4.84. The highest BCUT2D eigenvalue weighted by atomic mass is 19.1. The lowest BCUT2D eigenvalue weighted by atomic mass is 10.0. The monoisotopic (exact) mass is 377 g/mol. The zero-order valence-corrected chi connectivity index (χ0v) is 16.4. The van der Waals surface area contributed by atoms with Crippen molar-refractivity contribution in [3.63, 3.8) is 0 Å². The fourth-order valence-electron chi connectivity index (χ4n) is 3.52. The van der Waals surface area contributed by atoms with Crippen LogP contribution in [0.15, 0.2) is 24.3 Å². The molecule has 1 aliphatic rings. The summed E-state index contributed by atoms with van der Waals surface area (Å²) in [7, 11) is 1.89. The topological polar surface area (TPSA) is 39.1 Å². The minimum atomic E-state index is -0.471. The number of rotatable bonds is 8. The van der Waals surface area contributed by atoms with Gasteiger partial charge in [-0.25, -0.2) is 13.5 Å². The molecular formula is C21H29F2N3O. The number of benzene rings is 1. The molecule has 6 heteroatoms. The fourth-order valence-corrected chi connectivity index (χ4v) is 3.52. The molecule has 0 bridgehead atoms. The van der Waals surface area contributed by atoms with Crippen molar-refractivity contribution in [3.05, 3.63) is 47.2 Å². The second-order valence-electron chi connectivity index (χ2n) is 7.93. The highest BCUT2D eigenvalue weighted by Gasteiger charge is 2.24. The quantitative estimate of drug-likeness (QED) is 0.720. The van der Waals surface area contributed by atoms with Crippen LogP contribution in [0.5, 0.6) is 5.88 Å². The van der Waals surface area contributed by atoms with Gasteiger partial charge >= 0.3 is 0 Å². The first-order valence-electron chi connectivity index (χ1n) is 9.73. The maximum Gasteiger partial charge on any atom is 0.212 e. The lowest BCUT2D eigenvalue weighted by molar-refractivity contribution is 0.262. The summed E-state index contributed by atoms with van der Waals surface area (Å²) in [6.07, 6.45) is 6.24. The molecule has 0 aliphatic heterocycles. The van der Waals surface area contributed by atoms with Gasteiger partial charge in [0.1, 0.15) is 18.2 Å². The van der Waals surface area contributed by atoms with Crippen LogP contribution >= 0.6 is 0 Å². The third-order valence-corrected chi connectivity index (χ3v) is 5.62. The smallest absolute Gasteiger partial charge is 0.212 e. The molecule has 2 aromatic rings. The maximum absolute atomic E-state index is 13.9. The molecule has 1 fully saturated rings. The van der Waals surface area contributed by atoms with E-state index in [1.165, 1.54) is 31.7 Å². The Morgan fingerprint density at radius 1 is 1.22 bits per heavy atom. The Morgan fingerprint density at radius 3 is 2.67 bits per heavy atom. The molecule has 1 saturated carbocycles. The SMILES string of the molecule is CNC(C)(C)c1cc(OCc2cc(F)ccc2F)n(CCC2CCCC2)n1. The van der Waals surface area contributed by atoms with Gasteiger partial charge in [0, 0.05) is 18.2 Å². The Bertz CT molecular complexity index is 767. The molecule has 1 aromatic carbocycles. The van der Waals surface area contributed by atoms with Crippen molar-refractivity contribution in [1.29, 1.82) is 0 Å². The van der Waals surface area contributed by atoms with Crippen LogP contribution in [0.25, 0.3) is 0 Å². The maximum atomic E-state index is 13.9. The molecule has 3 rings (SSSR count). The fraction of sp³-hybridized carbons (Fsp3) is 0.571. The molecular weight excluding hydrogens is 348 g/mol. The third-order valence-electron chi connectivity index (χ3n) is 5.62. The van der Waals surface area contributed by atoms with Gasteiger partial charge in [-0.3, -0.25) is 0 Å².